The third-order valence-corrected chi connectivity index (χ3v) is 3.87. The largest absolute Gasteiger partial charge is 0.389 e. The average Bonchev–Trinajstić information content (AvgIpc) is 2.38. The molecule has 1 unspecified atom stereocenters. The second-order valence-electron chi connectivity index (χ2n) is 4.32. The van der Waals surface area contributed by atoms with Gasteiger partial charge in [-0.15, -0.1) is 11.8 Å². The zero-order chi connectivity index (χ0) is 13.0. The minimum absolute atomic E-state index is 0.451. The topological polar surface area (TPSA) is 33.1 Å². The van der Waals surface area contributed by atoms with Crippen molar-refractivity contribution in [3.63, 3.8) is 0 Å². The molecule has 18 heavy (non-hydrogen) atoms. The van der Waals surface area contributed by atoms with E-state index in [2.05, 4.69) is 36.2 Å². The van der Waals surface area contributed by atoms with Crippen molar-refractivity contribution in [2.24, 2.45) is 0 Å². The third kappa shape index (κ3) is 3.34. The van der Waals surface area contributed by atoms with Gasteiger partial charge in [0.05, 0.1) is 11.1 Å². The highest BCUT2D eigenvalue weighted by atomic mass is 32.2. The Balaban J connectivity index is 2.00. The highest BCUT2D eigenvalue weighted by molar-refractivity contribution is 7.98. The van der Waals surface area contributed by atoms with Crippen molar-refractivity contribution in [3.8, 4) is 0 Å². The molecule has 1 aromatic heterocycles. The van der Waals surface area contributed by atoms with Crippen molar-refractivity contribution >= 4 is 11.8 Å². The van der Waals surface area contributed by atoms with E-state index in [9.17, 15) is 5.11 Å². The Bertz CT molecular complexity index is 508. The molecule has 0 saturated carbocycles. The van der Waals surface area contributed by atoms with Gasteiger partial charge in [0.1, 0.15) is 0 Å². The van der Waals surface area contributed by atoms with Gasteiger partial charge in [-0.1, -0.05) is 30.3 Å². The molecular weight excluding hydrogens is 242 g/mol. The summed E-state index contributed by atoms with van der Waals surface area (Å²) in [6.07, 6.45) is 1.29. The number of hydrogen-bond acceptors (Lipinski definition) is 3. The summed E-state index contributed by atoms with van der Waals surface area (Å²) in [6.45, 7) is 3.87. The van der Waals surface area contributed by atoms with Gasteiger partial charge in [0.2, 0.25) is 0 Å². The van der Waals surface area contributed by atoms with Crippen molar-refractivity contribution in [2.75, 3.05) is 0 Å². The molecule has 94 valence electrons. The van der Waals surface area contributed by atoms with E-state index in [4.69, 9.17) is 0 Å². The van der Waals surface area contributed by atoms with E-state index in [0.29, 0.717) is 0 Å². The average molecular weight is 259 g/mol. The number of nitrogens with zero attached hydrogens (tertiary/aromatic N) is 1. The van der Waals surface area contributed by atoms with E-state index in [1.165, 1.54) is 11.1 Å². The van der Waals surface area contributed by atoms with Crippen LogP contribution in [0.3, 0.4) is 0 Å². The van der Waals surface area contributed by atoms with Gasteiger partial charge >= 0.3 is 0 Å². The zero-order valence-electron chi connectivity index (χ0n) is 10.6. The van der Waals surface area contributed by atoms with Crippen molar-refractivity contribution in [3.05, 3.63) is 59.3 Å². The Kier molecular flexibility index (Phi) is 4.39. The van der Waals surface area contributed by atoms with E-state index in [0.717, 1.165) is 16.3 Å². The Hall–Kier alpha value is -1.32. The molecule has 0 saturated heterocycles. The van der Waals surface area contributed by atoms with Crippen molar-refractivity contribution in [1.82, 2.24) is 4.98 Å². The van der Waals surface area contributed by atoms with Crippen LogP contribution in [0.25, 0.3) is 0 Å². The Morgan fingerprint density at radius 2 is 2.00 bits per heavy atom. The van der Waals surface area contributed by atoms with Crippen molar-refractivity contribution in [1.29, 1.82) is 0 Å². The van der Waals surface area contributed by atoms with Gasteiger partial charge in [0.25, 0.3) is 0 Å². The third-order valence-electron chi connectivity index (χ3n) is 2.88. The van der Waals surface area contributed by atoms with Crippen LogP contribution in [0.15, 0.2) is 47.6 Å². The number of aliphatic hydroxyl groups excluding tert-OH is 1. The number of aromatic nitrogens is 1. The minimum atomic E-state index is -0.451. The molecular formula is C15H17NOS. The lowest BCUT2D eigenvalue weighted by molar-refractivity contribution is 0.198. The lowest BCUT2D eigenvalue weighted by Crippen LogP contribution is -1.92. The summed E-state index contributed by atoms with van der Waals surface area (Å²) in [5, 5.41) is 10.4. The van der Waals surface area contributed by atoms with Crippen LogP contribution < -0.4 is 0 Å². The predicted molar refractivity (Wildman–Crippen MR) is 75.6 cm³/mol. The van der Waals surface area contributed by atoms with Crippen LogP contribution >= 0.6 is 11.8 Å². The van der Waals surface area contributed by atoms with Crippen LogP contribution in [0.4, 0.5) is 0 Å². The summed E-state index contributed by atoms with van der Waals surface area (Å²) in [4.78, 5) is 4.35. The number of hydrogen-bond donors (Lipinski definition) is 1. The Morgan fingerprint density at radius 1 is 1.22 bits per heavy atom. The maximum absolute atomic E-state index is 9.41. The summed E-state index contributed by atoms with van der Waals surface area (Å²) >= 11 is 1.72. The monoisotopic (exact) mass is 259 g/mol. The normalized spacial score (nSPS) is 12.4. The molecule has 2 aromatic rings. The number of thioether (sulfide) groups is 1. The first-order valence-corrected chi connectivity index (χ1v) is 6.96. The summed E-state index contributed by atoms with van der Waals surface area (Å²) in [5.41, 5.74) is 3.50. The van der Waals surface area contributed by atoms with Crippen LogP contribution in [0.2, 0.25) is 0 Å². The van der Waals surface area contributed by atoms with Gasteiger partial charge in [-0.3, -0.25) is 0 Å². The van der Waals surface area contributed by atoms with Crippen LogP contribution in [0.5, 0.6) is 0 Å². The van der Waals surface area contributed by atoms with Gasteiger partial charge in [-0.25, -0.2) is 4.98 Å². The smallest absolute Gasteiger partial charge is 0.0963 e. The Morgan fingerprint density at radius 3 is 2.61 bits per heavy atom. The maximum Gasteiger partial charge on any atom is 0.0963 e. The highest BCUT2D eigenvalue weighted by Gasteiger charge is 2.03. The zero-order valence-corrected chi connectivity index (χ0v) is 11.4. The summed E-state index contributed by atoms with van der Waals surface area (Å²) < 4.78 is 0. The van der Waals surface area contributed by atoms with E-state index >= 15 is 0 Å². The van der Waals surface area contributed by atoms with Gasteiger partial charge in [-0.2, -0.15) is 0 Å². The molecule has 0 aliphatic carbocycles. The number of rotatable bonds is 4. The lowest BCUT2D eigenvalue weighted by atomic mass is 10.1. The van der Waals surface area contributed by atoms with E-state index < -0.39 is 6.10 Å². The predicted octanol–water partition coefficient (Wildman–Crippen LogP) is 3.74. The molecule has 0 aliphatic rings. The molecule has 1 aromatic carbocycles. The van der Waals surface area contributed by atoms with E-state index in [1.807, 2.05) is 12.1 Å². The van der Waals surface area contributed by atoms with Crippen LogP contribution in [-0.4, -0.2) is 10.1 Å². The van der Waals surface area contributed by atoms with Gasteiger partial charge in [-0.05, 0) is 36.6 Å². The van der Waals surface area contributed by atoms with E-state index in [-0.39, 0.29) is 0 Å². The van der Waals surface area contributed by atoms with Crippen LogP contribution in [0, 0.1) is 6.92 Å². The number of benzene rings is 1. The first-order chi connectivity index (χ1) is 8.66. The molecule has 0 bridgehead atoms. The van der Waals surface area contributed by atoms with Gasteiger partial charge in [0.15, 0.2) is 0 Å². The second-order valence-corrected chi connectivity index (χ2v) is 5.32. The SMILES string of the molecule is Cc1ccccc1CSc1ccc(C(C)O)cn1. The summed E-state index contributed by atoms with van der Waals surface area (Å²) in [5.74, 6) is 0.924. The first kappa shape index (κ1) is 13.1. The quantitative estimate of drug-likeness (QED) is 0.849. The molecule has 2 nitrogen and oxygen atoms in total. The van der Waals surface area contributed by atoms with Gasteiger partial charge in [0, 0.05) is 11.9 Å². The summed E-state index contributed by atoms with van der Waals surface area (Å²) in [6, 6.07) is 12.3. The molecule has 0 aliphatic heterocycles. The molecule has 0 fully saturated rings. The number of aliphatic hydroxyl groups is 1. The molecule has 2 rings (SSSR count). The molecule has 0 spiro atoms. The standard InChI is InChI=1S/C15H17NOS/c1-11-5-3-4-6-14(11)10-18-15-8-7-13(9-16-15)12(2)17/h3-9,12,17H,10H2,1-2H3. The Labute approximate surface area is 112 Å². The van der Waals surface area contributed by atoms with Crippen molar-refractivity contribution in [2.45, 2.75) is 30.7 Å². The lowest BCUT2D eigenvalue weighted by Gasteiger charge is -2.06. The fourth-order valence-corrected chi connectivity index (χ4v) is 2.57. The molecule has 1 heterocycles. The van der Waals surface area contributed by atoms with Crippen molar-refractivity contribution < 1.29 is 5.11 Å². The van der Waals surface area contributed by atoms with E-state index in [1.54, 1.807) is 24.9 Å². The highest BCUT2D eigenvalue weighted by Crippen LogP contribution is 2.23. The maximum atomic E-state index is 9.41. The van der Waals surface area contributed by atoms with Crippen LogP contribution in [0.1, 0.15) is 29.7 Å². The fraction of sp³-hybridized carbons (Fsp3) is 0.267. The molecule has 1 atom stereocenters. The number of pyridine rings is 1. The number of aryl methyl sites for hydroxylation is 1. The molecule has 0 amide bonds. The molecule has 1 N–H and O–H groups in total. The van der Waals surface area contributed by atoms with Gasteiger partial charge < -0.3 is 5.11 Å². The molecule has 0 radical (unpaired) electrons. The first-order valence-electron chi connectivity index (χ1n) is 5.98. The van der Waals surface area contributed by atoms with Crippen LogP contribution in [-0.2, 0) is 5.75 Å². The molecule has 3 heteroatoms. The second kappa shape index (κ2) is 6.03. The minimum Gasteiger partial charge on any atom is -0.389 e. The fourth-order valence-electron chi connectivity index (χ4n) is 1.65. The summed E-state index contributed by atoms with van der Waals surface area (Å²) in [7, 11) is 0.